The Morgan fingerprint density at radius 1 is 0.920 bits per heavy atom. The molecule has 0 bridgehead atoms. The molecule has 1 heterocycles. The minimum Gasteiger partial charge on any atom is -0.349 e. The number of carbonyl (C=O) groups excluding carboxylic acids is 1. The van der Waals surface area contributed by atoms with Gasteiger partial charge >= 0.3 is 5.69 Å². The van der Waals surface area contributed by atoms with Crippen molar-refractivity contribution in [3.8, 4) is 0 Å². The number of aryl methyl sites for hydroxylation is 1. The van der Waals surface area contributed by atoms with Crippen molar-refractivity contribution >= 4 is 5.91 Å². The topological polar surface area (TPSA) is 73.1 Å². The molecule has 25 heavy (non-hydrogen) atoms. The van der Waals surface area contributed by atoms with Crippen molar-refractivity contribution in [3.63, 3.8) is 0 Å². The van der Waals surface area contributed by atoms with Gasteiger partial charge in [0.25, 0.3) is 11.5 Å². The van der Waals surface area contributed by atoms with Crippen molar-refractivity contribution in [2.75, 3.05) is 0 Å². The second-order valence-electron chi connectivity index (χ2n) is 7.23. The molecule has 140 valence electrons. The highest BCUT2D eigenvalue weighted by Gasteiger charge is 2.18. The van der Waals surface area contributed by atoms with Crippen LogP contribution in [0, 0.1) is 0 Å². The highest BCUT2D eigenvalue weighted by atomic mass is 16.2. The summed E-state index contributed by atoms with van der Waals surface area (Å²) in [5.41, 5.74) is -0.919. The minimum atomic E-state index is -0.534. The third-order valence-corrected chi connectivity index (χ3v) is 5.13. The van der Waals surface area contributed by atoms with Gasteiger partial charge in [-0.05, 0) is 12.8 Å². The van der Waals surface area contributed by atoms with Crippen molar-refractivity contribution in [1.29, 1.82) is 0 Å². The van der Waals surface area contributed by atoms with Gasteiger partial charge in [0.2, 0.25) is 0 Å². The van der Waals surface area contributed by atoms with Crippen LogP contribution in [0.1, 0.15) is 81.0 Å². The van der Waals surface area contributed by atoms with E-state index in [4.69, 9.17) is 0 Å². The lowest BCUT2D eigenvalue weighted by molar-refractivity contribution is 0.0928. The average Bonchev–Trinajstić information content (AvgIpc) is 2.58. The number of rotatable bonds is 2. The van der Waals surface area contributed by atoms with E-state index in [1.165, 1.54) is 62.8 Å². The minimum absolute atomic E-state index is 0.0377. The van der Waals surface area contributed by atoms with Crippen LogP contribution in [0.15, 0.2) is 15.8 Å². The summed E-state index contributed by atoms with van der Waals surface area (Å²) in [7, 11) is 2.95. The summed E-state index contributed by atoms with van der Waals surface area (Å²) in [6, 6.07) is 0.105. The Labute approximate surface area is 149 Å². The quantitative estimate of drug-likeness (QED) is 0.891. The van der Waals surface area contributed by atoms with Crippen LogP contribution in [0.25, 0.3) is 0 Å². The van der Waals surface area contributed by atoms with Crippen LogP contribution in [0.3, 0.4) is 0 Å². The molecule has 1 saturated carbocycles. The maximum absolute atomic E-state index is 12.6. The van der Waals surface area contributed by atoms with Gasteiger partial charge < -0.3 is 9.88 Å². The van der Waals surface area contributed by atoms with E-state index >= 15 is 0 Å². The molecule has 2 rings (SSSR count). The molecule has 1 aliphatic carbocycles. The first kappa shape index (κ1) is 19.5. The monoisotopic (exact) mass is 349 g/mol. The molecule has 0 radical (unpaired) electrons. The maximum atomic E-state index is 12.6. The standard InChI is InChI=1S/C19H31N3O3/c1-21-14-16(18(24)22(2)19(21)25)17(23)20-15-12-10-8-6-4-3-5-7-9-11-13-15/h14-15H,3-13H2,1-2H3,(H,20,23). The molecule has 1 aliphatic rings. The fourth-order valence-electron chi connectivity index (χ4n) is 3.53. The highest BCUT2D eigenvalue weighted by molar-refractivity contribution is 5.93. The first-order chi connectivity index (χ1) is 12.0. The van der Waals surface area contributed by atoms with E-state index in [0.29, 0.717) is 0 Å². The van der Waals surface area contributed by atoms with Gasteiger partial charge in [-0.15, -0.1) is 0 Å². The van der Waals surface area contributed by atoms with Crippen molar-refractivity contribution in [3.05, 3.63) is 32.6 Å². The van der Waals surface area contributed by atoms with E-state index in [-0.39, 0.29) is 17.5 Å². The summed E-state index contributed by atoms with van der Waals surface area (Å²) in [5, 5.41) is 3.03. The molecule has 6 nitrogen and oxygen atoms in total. The third kappa shape index (κ3) is 5.58. The fourth-order valence-corrected chi connectivity index (χ4v) is 3.53. The number of aromatic nitrogens is 2. The average molecular weight is 349 g/mol. The number of amides is 1. The summed E-state index contributed by atoms with van der Waals surface area (Å²) < 4.78 is 2.26. The van der Waals surface area contributed by atoms with Crippen molar-refractivity contribution in [1.82, 2.24) is 14.5 Å². The Morgan fingerprint density at radius 3 is 1.92 bits per heavy atom. The SMILES string of the molecule is Cn1cc(C(=O)NC2CCCCCCCCCCC2)c(=O)n(C)c1=O. The summed E-state index contributed by atoms with van der Waals surface area (Å²) in [6.45, 7) is 0. The van der Waals surface area contributed by atoms with Gasteiger partial charge in [-0.25, -0.2) is 4.79 Å². The maximum Gasteiger partial charge on any atom is 0.330 e. The van der Waals surface area contributed by atoms with Crippen LogP contribution in [0.4, 0.5) is 0 Å². The van der Waals surface area contributed by atoms with Crippen molar-refractivity contribution in [2.45, 2.75) is 76.7 Å². The molecule has 1 aromatic heterocycles. The fraction of sp³-hybridized carbons (Fsp3) is 0.737. The molecular weight excluding hydrogens is 318 g/mol. The van der Waals surface area contributed by atoms with Crippen LogP contribution < -0.4 is 16.6 Å². The van der Waals surface area contributed by atoms with Gasteiger partial charge in [-0.3, -0.25) is 14.2 Å². The smallest absolute Gasteiger partial charge is 0.330 e. The molecule has 1 N–H and O–H groups in total. The van der Waals surface area contributed by atoms with Crippen LogP contribution in [0.2, 0.25) is 0 Å². The molecule has 0 atom stereocenters. The number of hydrogen-bond acceptors (Lipinski definition) is 3. The van der Waals surface area contributed by atoms with Gasteiger partial charge in [0.1, 0.15) is 5.56 Å². The molecule has 1 amide bonds. The second kappa shape index (κ2) is 9.59. The van der Waals surface area contributed by atoms with Crippen LogP contribution >= 0.6 is 0 Å². The molecule has 0 unspecified atom stereocenters. The van der Waals surface area contributed by atoms with Crippen LogP contribution in [-0.4, -0.2) is 21.1 Å². The molecule has 1 aromatic rings. The lowest BCUT2D eigenvalue weighted by atomic mass is 9.98. The summed E-state index contributed by atoms with van der Waals surface area (Å²) in [6.07, 6.45) is 14.4. The van der Waals surface area contributed by atoms with Crippen molar-refractivity contribution in [2.24, 2.45) is 14.1 Å². The summed E-state index contributed by atoms with van der Waals surface area (Å²) >= 11 is 0. The van der Waals surface area contributed by atoms with E-state index in [1.54, 1.807) is 7.05 Å². The van der Waals surface area contributed by atoms with E-state index in [2.05, 4.69) is 5.32 Å². The first-order valence-corrected chi connectivity index (χ1v) is 9.58. The summed E-state index contributed by atoms with van der Waals surface area (Å²) in [5.74, 6) is -0.367. The lowest BCUT2D eigenvalue weighted by Gasteiger charge is -2.19. The Balaban J connectivity index is 2.06. The Hall–Kier alpha value is -1.85. The number of hydrogen-bond donors (Lipinski definition) is 1. The third-order valence-electron chi connectivity index (χ3n) is 5.13. The van der Waals surface area contributed by atoms with E-state index < -0.39 is 11.2 Å². The zero-order valence-corrected chi connectivity index (χ0v) is 15.6. The highest BCUT2D eigenvalue weighted by Crippen LogP contribution is 2.17. The molecule has 1 fully saturated rings. The van der Waals surface area contributed by atoms with E-state index in [0.717, 1.165) is 30.3 Å². The molecular formula is C19H31N3O3. The number of nitrogens with one attached hydrogen (secondary N) is 1. The van der Waals surface area contributed by atoms with E-state index in [1.807, 2.05) is 0 Å². The van der Waals surface area contributed by atoms with Crippen LogP contribution in [-0.2, 0) is 14.1 Å². The predicted molar refractivity (Wildman–Crippen MR) is 99.0 cm³/mol. The zero-order chi connectivity index (χ0) is 18.2. The Bertz CT molecular complexity index is 678. The molecule has 0 saturated heterocycles. The normalized spacial score (nSPS) is 18.2. The molecule has 0 aliphatic heterocycles. The van der Waals surface area contributed by atoms with E-state index in [9.17, 15) is 14.4 Å². The first-order valence-electron chi connectivity index (χ1n) is 9.58. The van der Waals surface area contributed by atoms with Crippen molar-refractivity contribution < 1.29 is 4.79 Å². The molecule has 0 aromatic carbocycles. The van der Waals surface area contributed by atoms with Gasteiger partial charge in [0.05, 0.1) is 0 Å². The molecule has 6 heteroatoms. The predicted octanol–water partition coefficient (Wildman–Crippen LogP) is 2.49. The Kier molecular flexibility index (Phi) is 7.47. The van der Waals surface area contributed by atoms with Gasteiger partial charge in [-0.2, -0.15) is 0 Å². The largest absolute Gasteiger partial charge is 0.349 e. The van der Waals surface area contributed by atoms with Crippen LogP contribution in [0.5, 0.6) is 0 Å². The van der Waals surface area contributed by atoms with Gasteiger partial charge in [0, 0.05) is 26.3 Å². The second-order valence-corrected chi connectivity index (χ2v) is 7.23. The number of carbonyl (C=O) groups is 1. The lowest BCUT2D eigenvalue weighted by Crippen LogP contribution is -2.44. The molecule has 0 spiro atoms. The van der Waals surface area contributed by atoms with Gasteiger partial charge in [-0.1, -0.05) is 57.8 Å². The Morgan fingerprint density at radius 2 is 1.40 bits per heavy atom. The summed E-state index contributed by atoms with van der Waals surface area (Å²) in [4.78, 5) is 36.6. The van der Waals surface area contributed by atoms with Gasteiger partial charge in [0.15, 0.2) is 0 Å². The zero-order valence-electron chi connectivity index (χ0n) is 15.6. The number of nitrogens with zero attached hydrogens (tertiary/aromatic N) is 2.